The van der Waals surface area contributed by atoms with E-state index >= 15 is 0 Å². The van der Waals surface area contributed by atoms with Crippen molar-refractivity contribution in [2.75, 3.05) is 146 Å². The van der Waals surface area contributed by atoms with Crippen LogP contribution in [0.15, 0.2) is 109 Å². The Morgan fingerprint density at radius 3 is 1.05 bits per heavy atom. The van der Waals surface area contributed by atoms with E-state index in [4.69, 9.17) is 51.9 Å². The summed E-state index contributed by atoms with van der Waals surface area (Å²) in [7, 11) is 0. The van der Waals surface area contributed by atoms with Gasteiger partial charge in [0.15, 0.2) is 0 Å². The third kappa shape index (κ3) is 24.3. The predicted octanol–water partition coefficient (Wildman–Crippen LogP) is 17.0. The Balaban J connectivity index is 0.000000112. The molecule has 5 aliphatic carbocycles. The lowest BCUT2D eigenvalue weighted by atomic mass is 9.95. The minimum Gasteiger partial charge on any atom is -0.369 e. The second-order valence-corrected chi connectivity index (χ2v) is 44.8. The number of anilines is 12. The molecule has 5 saturated carbocycles. The molecule has 0 radical (unpaired) electrons. The van der Waals surface area contributed by atoms with Crippen molar-refractivity contribution in [3.05, 3.63) is 126 Å². The highest BCUT2D eigenvalue weighted by atomic mass is 35.5. The van der Waals surface area contributed by atoms with Crippen molar-refractivity contribution in [3.63, 3.8) is 0 Å². The van der Waals surface area contributed by atoms with Gasteiger partial charge in [-0.15, -0.1) is 23.5 Å². The van der Waals surface area contributed by atoms with Crippen LogP contribution in [0.2, 0.25) is 10.0 Å². The van der Waals surface area contributed by atoms with Gasteiger partial charge in [-0.2, -0.15) is 5.26 Å². The minimum atomic E-state index is -0.271. The number of aryl methyl sites for hydroxylation is 1. The lowest BCUT2D eigenvalue weighted by Crippen LogP contribution is -2.43. The van der Waals surface area contributed by atoms with Gasteiger partial charge >= 0.3 is 0 Å². The Hall–Kier alpha value is -12.5. The molecular formula is C107H137Cl2N31O6S2. The quantitative estimate of drug-likeness (QED) is 0.0264. The number of rotatable bonds is 23. The van der Waals surface area contributed by atoms with Crippen LogP contribution in [0, 0.1) is 46.8 Å². The number of nitriles is 1. The first-order valence-electron chi connectivity index (χ1n) is 52.8. The zero-order chi connectivity index (χ0) is 103. The number of hydrogen-bond acceptors (Lipinski definition) is 27. The van der Waals surface area contributed by atoms with Gasteiger partial charge in [0.25, 0.3) is 5.91 Å². The summed E-state index contributed by atoms with van der Waals surface area (Å²) in [4.78, 5) is 140. The number of piperidine rings is 6. The summed E-state index contributed by atoms with van der Waals surface area (Å²) in [6.45, 7) is 19.4. The highest BCUT2D eigenvalue weighted by molar-refractivity contribution is 8.00. The van der Waals surface area contributed by atoms with Crippen LogP contribution >= 0.6 is 46.7 Å². The fourth-order valence-corrected chi connectivity index (χ4v) is 23.1. The van der Waals surface area contributed by atoms with E-state index in [0.717, 1.165) is 334 Å². The molecule has 22 N–H and O–H groups in total. The number of amides is 6. The van der Waals surface area contributed by atoms with Crippen molar-refractivity contribution in [3.8, 4) is 6.07 Å². The second-order valence-electron chi connectivity index (χ2n) is 41.5. The van der Waals surface area contributed by atoms with Crippen LogP contribution in [0.3, 0.4) is 0 Å². The number of fused-ring (bicyclic) bond motifs is 6. The summed E-state index contributed by atoms with van der Waals surface area (Å²) in [6.07, 6.45) is 51.7. The predicted molar refractivity (Wildman–Crippen MR) is 595 cm³/mol. The number of hydrogen-bond donors (Lipinski definition) is 17. The smallest absolute Gasteiger partial charge is 0.257 e. The number of aromatic nitrogens is 13. The summed E-state index contributed by atoms with van der Waals surface area (Å²) in [5.41, 5.74) is 48.5. The van der Waals surface area contributed by atoms with Crippen molar-refractivity contribution in [2.24, 2.45) is 64.2 Å². The van der Waals surface area contributed by atoms with E-state index in [0.29, 0.717) is 50.2 Å². The lowest BCUT2D eigenvalue weighted by Gasteiger charge is -2.35. The van der Waals surface area contributed by atoms with Crippen molar-refractivity contribution >= 4 is 217 Å². The molecule has 148 heavy (non-hydrogen) atoms. The molecule has 24 rings (SSSR count). The first-order valence-corrected chi connectivity index (χ1v) is 55.6. The standard InChI is InChI=1S/C19H19N7O.C19H27N5OS.C18H23ClN4O.C18H25N5O.C17H23N5OS.C16H20ClN5O/c20-7-13-9-23-18-16(17(13)26-6-2-4-14(21)11-26)15(10-24-18)25-19(27)12-3-1-5-22-8-12;1-11(2)26-15-9-22-18-16(17(15)24-7-3-4-13(20)10-24)14(8-21-18)23-19(25)12-5-6-12;1-2-11-4-3-7-23(10-11)16-13(19)8-20-17-15(16)14(9-21-17)22-18(24)12-5-6-12;1-2-11-8-20-17-15(16(11)23-7-3-4-13(19)10-23)14(9-21-17)22-18(24)12-5-6-12;1-24-13-8-20-16-14(15(13)22-6-2-3-11(18)9-22)12(7-19-16)21-17(23)10-4-5-10;17-11-6-19-15-13(14(11)22-5-1-2-10(18)8-22)12(7-20-15)21-16(23)9-3-4-9/h1,3,5,8-10,14H,2,4,6,11,21H2,(H,23,24)(H,25,27);8-9,11-13H,3-7,10,20H2,1-2H3,(H,21,22)(H,23,25);8-9,11-12H,2-7,10H2,1H3,(H,20,21)(H,22,24);8-9,12-13H,2-7,10,19H2,1H3,(H,20,21)(H,22,24);7-8,10-11H,2-6,9,18H2,1H3,(H,19,20)(H,21,23);6-7,9-10H,1-5,8,18H2,(H,19,20)(H,21,23)/t14-;13-;11-;13-;11-;10-/m111111/s1. The van der Waals surface area contributed by atoms with Crippen LogP contribution in [-0.2, 0) is 30.4 Å². The molecule has 13 aromatic rings. The molecule has 37 nitrogen and oxygen atoms in total. The van der Waals surface area contributed by atoms with Gasteiger partial charge in [-0.05, 0) is 178 Å². The maximum absolute atomic E-state index is 12.6. The lowest BCUT2D eigenvalue weighted by molar-refractivity contribution is -0.118. The topological polar surface area (TPSA) is 533 Å². The molecule has 41 heteroatoms. The highest BCUT2D eigenvalue weighted by Crippen LogP contribution is 2.49. The van der Waals surface area contributed by atoms with E-state index in [1.807, 2.05) is 55.1 Å². The Labute approximate surface area is 878 Å². The van der Waals surface area contributed by atoms with Gasteiger partial charge in [-0.1, -0.05) is 57.3 Å². The van der Waals surface area contributed by atoms with E-state index in [9.17, 15) is 34.0 Å². The van der Waals surface area contributed by atoms with Crippen LogP contribution in [-0.4, -0.2) is 220 Å². The number of nitrogens with zero attached hydrogens (tertiary/aromatic N) is 14. The molecule has 0 aromatic carbocycles. The Morgan fingerprint density at radius 2 is 0.709 bits per heavy atom. The number of pyridine rings is 7. The summed E-state index contributed by atoms with van der Waals surface area (Å²) >= 11 is 16.5. The molecule has 6 saturated heterocycles. The number of carbonyl (C=O) groups is 6. The number of halogens is 2. The largest absolute Gasteiger partial charge is 0.369 e. The van der Waals surface area contributed by atoms with Gasteiger partial charge < -0.3 is 120 Å². The Morgan fingerprint density at radius 1 is 0.399 bits per heavy atom. The molecule has 11 aliphatic rings. The summed E-state index contributed by atoms with van der Waals surface area (Å²) in [6, 6.07) is 6.41. The van der Waals surface area contributed by atoms with Gasteiger partial charge in [0.2, 0.25) is 29.5 Å². The van der Waals surface area contributed by atoms with Crippen LogP contribution < -0.4 is 90.0 Å². The van der Waals surface area contributed by atoms with Gasteiger partial charge in [-0.25, -0.2) is 29.9 Å². The maximum atomic E-state index is 12.6. The molecule has 0 bridgehead atoms. The number of nitrogens with one attached hydrogen (secondary N) is 12. The van der Waals surface area contributed by atoms with Crippen molar-refractivity contribution in [2.45, 2.75) is 227 Å². The second kappa shape index (κ2) is 46.7. The highest BCUT2D eigenvalue weighted by Gasteiger charge is 2.39. The fourth-order valence-electron chi connectivity index (χ4n) is 21.0. The molecule has 782 valence electrons. The number of aromatic amines is 6. The molecule has 0 unspecified atom stereocenters. The van der Waals surface area contributed by atoms with E-state index < -0.39 is 0 Å². The third-order valence-electron chi connectivity index (χ3n) is 29.5. The van der Waals surface area contributed by atoms with Crippen molar-refractivity contribution in [1.82, 2.24) is 64.8 Å². The van der Waals surface area contributed by atoms with Crippen LogP contribution in [0.1, 0.15) is 197 Å². The van der Waals surface area contributed by atoms with E-state index in [-0.39, 0.29) is 95.2 Å². The first kappa shape index (κ1) is 104. The summed E-state index contributed by atoms with van der Waals surface area (Å²) in [5, 5.41) is 35.2. The van der Waals surface area contributed by atoms with Gasteiger partial charge in [0.05, 0.1) is 139 Å². The Kier molecular flexibility index (Phi) is 32.8. The molecule has 19 heterocycles. The molecule has 13 aromatic heterocycles. The van der Waals surface area contributed by atoms with Gasteiger partial charge in [0, 0.05) is 223 Å². The van der Waals surface area contributed by atoms with Crippen LogP contribution in [0.25, 0.3) is 66.2 Å². The molecule has 6 atom stereocenters. The number of carbonyl (C=O) groups excluding carboxylic acids is 6. The monoisotopic (exact) mass is 2090 g/mol. The molecule has 6 amide bonds. The summed E-state index contributed by atoms with van der Waals surface area (Å²) < 4.78 is 0. The maximum Gasteiger partial charge on any atom is 0.257 e. The molecular weight excluding hydrogens is 1950 g/mol. The van der Waals surface area contributed by atoms with E-state index in [1.165, 1.54) is 36.7 Å². The fraction of sp³-hybridized carbons (Fsp3) is 0.495. The molecule has 0 spiro atoms. The number of nitrogens with two attached hydrogens (primary N) is 5. The number of thioether (sulfide) groups is 2. The van der Waals surface area contributed by atoms with Crippen molar-refractivity contribution < 1.29 is 28.8 Å². The normalized spacial score (nSPS) is 20.4. The third-order valence-corrected chi connectivity index (χ3v) is 31.8. The van der Waals surface area contributed by atoms with Gasteiger partial charge in [0.1, 0.15) is 40.0 Å². The first-order chi connectivity index (χ1) is 71.8. The van der Waals surface area contributed by atoms with Crippen LogP contribution in [0.5, 0.6) is 0 Å². The van der Waals surface area contributed by atoms with Gasteiger partial charge in [-0.3, -0.25) is 33.8 Å². The zero-order valence-electron chi connectivity index (χ0n) is 84.8. The number of H-pyrrole nitrogens is 6. The van der Waals surface area contributed by atoms with Crippen molar-refractivity contribution in [1.29, 1.82) is 5.26 Å². The summed E-state index contributed by atoms with van der Waals surface area (Å²) in [5.74, 6) is 1.83. The van der Waals surface area contributed by atoms with E-state index in [1.54, 1.807) is 61.1 Å². The zero-order valence-corrected chi connectivity index (χ0v) is 87.9. The van der Waals surface area contributed by atoms with E-state index in [2.05, 4.69) is 166 Å². The molecule has 11 fully saturated rings. The molecule has 6 aliphatic heterocycles. The average Bonchev–Trinajstić information content (AvgIpc) is 1.55. The SMILES string of the molecule is CC(C)Sc1cnc2[nH]cc(NC(=O)C3CC3)c2c1N1CCC[C@@H](N)C1.CC[C@@H]1CCCN(c2c(Cl)cnc3[nH]cc(NC(=O)C4CC4)c23)C1.CCc1cnc2[nH]cc(NC(=O)C3CC3)c2c1N1CCC[C@@H](N)C1.CSc1cnc2[nH]cc(NC(=O)C3CC3)c2c1N1CCC[C@@H](N)C1.N#Cc1cnc2[nH]cc(NC(=O)c3cccnc3)c2c1N1CCC[C@@H](N)C1.N[C@@H]1CCCN(c2c(Cl)cnc3[nH]cc(NC(=O)C4CC4)c23)C1. The minimum absolute atomic E-state index is 0.0564. The van der Waals surface area contributed by atoms with Crippen LogP contribution in [0.4, 0.5) is 68.2 Å². The average molecular weight is 2090 g/mol. The Bertz CT molecular complexity index is 6890.